The van der Waals surface area contributed by atoms with E-state index < -0.39 is 0 Å². The van der Waals surface area contributed by atoms with Crippen LogP contribution in [0.4, 0.5) is 0 Å². The van der Waals surface area contributed by atoms with Gasteiger partial charge in [-0.15, -0.1) is 0 Å². The molecular formula is C14H15N3O2. The molecule has 1 atom stereocenters. The molecular weight excluding hydrogens is 242 g/mol. The summed E-state index contributed by atoms with van der Waals surface area (Å²) in [5.74, 6) is -0.574. The number of piperidine rings is 1. The van der Waals surface area contributed by atoms with Crippen molar-refractivity contribution in [1.29, 1.82) is 0 Å². The molecule has 2 amide bonds. The number of likely N-dealkylation sites (N-methyl/N-ethyl adjacent to an activating group) is 1. The van der Waals surface area contributed by atoms with Crippen LogP contribution in [0.1, 0.15) is 24.5 Å². The number of carbonyl (C=O) groups excluding carboxylic acids is 2. The Morgan fingerprint density at radius 2 is 1.95 bits per heavy atom. The van der Waals surface area contributed by atoms with Gasteiger partial charge in [-0.05, 0) is 12.5 Å². The van der Waals surface area contributed by atoms with Gasteiger partial charge >= 0.3 is 0 Å². The molecule has 0 aliphatic carbocycles. The van der Waals surface area contributed by atoms with Crippen LogP contribution in [0.2, 0.25) is 0 Å². The Labute approximate surface area is 110 Å². The summed E-state index contributed by atoms with van der Waals surface area (Å²) < 4.78 is 1.79. The van der Waals surface area contributed by atoms with Crippen molar-refractivity contribution in [3.63, 3.8) is 0 Å². The van der Waals surface area contributed by atoms with Gasteiger partial charge in [-0.3, -0.25) is 19.2 Å². The first-order chi connectivity index (χ1) is 9.09. The molecule has 1 unspecified atom stereocenters. The lowest BCUT2D eigenvalue weighted by molar-refractivity contribution is -0.147. The first-order valence-corrected chi connectivity index (χ1v) is 6.31. The number of benzene rings is 1. The topological polar surface area (TPSA) is 55.2 Å². The molecule has 1 saturated heterocycles. The number of hydrogen-bond acceptors (Lipinski definition) is 3. The average molecular weight is 257 g/mol. The van der Waals surface area contributed by atoms with E-state index in [1.54, 1.807) is 11.7 Å². The van der Waals surface area contributed by atoms with Crippen LogP contribution >= 0.6 is 0 Å². The first-order valence-electron chi connectivity index (χ1n) is 6.31. The normalized spacial score (nSPS) is 20.3. The molecule has 0 bridgehead atoms. The highest BCUT2D eigenvalue weighted by Crippen LogP contribution is 2.32. The van der Waals surface area contributed by atoms with Gasteiger partial charge in [0.05, 0.1) is 17.1 Å². The van der Waals surface area contributed by atoms with Crippen molar-refractivity contribution >= 4 is 22.7 Å². The molecule has 1 fully saturated rings. The lowest BCUT2D eigenvalue weighted by atomic mass is 9.92. The van der Waals surface area contributed by atoms with Crippen LogP contribution in [0.3, 0.4) is 0 Å². The number of rotatable bonds is 1. The quantitative estimate of drug-likeness (QED) is 0.726. The lowest BCUT2D eigenvalue weighted by Gasteiger charge is -2.26. The second-order valence-corrected chi connectivity index (χ2v) is 4.91. The van der Waals surface area contributed by atoms with E-state index in [-0.39, 0.29) is 17.7 Å². The van der Waals surface area contributed by atoms with E-state index >= 15 is 0 Å². The van der Waals surface area contributed by atoms with Crippen LogP contribution in [0.5, 0.6) is 0 Å². The molecule has 0 spiro atoms. The third-order valence-corrected chi connectivity index (χ3v) is 3.77. The standard InChI is InChI=1S/C14H15N3O2/c1-16-12(18)8-7-10(14(16)19)13-9-5-3-4-6-11(9)17(2)15-13/h3-6,10H,7-8H2,1-2H3. The van der Waals surface area contributed by atoms with Gasteiger partial charge in [0.15, 0.2) is 0 Å². The predicted octanol–water partition coefficient (Wildman–Crippen LogP) is 1.44. The molecule has 1 aromatic carbocycles. The van der Waals surface area contributed by atoms with E-state index in [0.29, 0.717) is 12.8 Å². The molecule has 5 nitrogen and oxygen atoms in total. The van der Waals surface area contributed by atoms with Gasteiger partial charge in [0.25, 0.3) is 0 Å². The van der Waals surface area contributed by atoms with Crippen molar-refractivity contribution in [3.8, 4) is 0 Å². The van der Waals surface area contributed by atoms with Crippen LogP contribution in [0.25, 0.3) is 10.9 Å². The van der Waals surface area contributed by atoms with Gasteiger partial charge in [0.1, 0.15) is 0 Å². The Hall–Kier alpha value is -2.17. The Balaban J connectivity index is 2.10. The van der Waals surface area contributed by atoms with Gasteiger partial charge in [-0.1, -0.05) is 18.2 Å². The van der Waals surface area contributed by atoms with Crippen LogP contribution in [0, 0.1) is 0 Å². The zero-order chi connectivity index (χ0) is 13.6. The zero-order valence-electron chi connectivity index (χ0n) is 11.0. The van der Waals surface area contributed by atoms with Crippen LogP contribution in [-0.4, -0.2) is 33.5 Å². The molecule has 0 saturated carbocycles. The number of imide groups is 1. The van der Waals surface area contributed by atoms with Gasteiger partial charge in [0, 0.05) is 25.9 Å². The monoisotopic (exact) mass is 257 g/mol. The molecule has 3 rings (SSSR count). The minimum atomic E-state index is -0.311. The SMILES string of the molecule is CN1C(=O)CCC(c2nn(C)c3ccccc23)C1=O. The fourth-order valence-electron chi connectivity index (χ4n) is 2.67. The van der Waals surface area contributed by atoms with Gasteiger partial charge in [0.2, 0.25) is 11.8 Å². The highest BCUT2D eigenvalue weighted by atomic mass is 16.2. The molecule has 2 heterocycles. The van der Waals surface area contributed by atoms with Gasteiger partial charge in [-0.25, -0.2) is 0 Å². The number of aryl methyl sites for hydroxylation is 1. The molecule has 2 aromatic rings. The summed E-state index contributed by atoms with van der Waals surface area (Å²) in [7, 11) is 3.41. The Morgan fingerprint density at radius 1 is 1.21 bits per heavy atom. The minimum Gasteiger partial charge on any atom is -0.285 e. The fraction of sp³-hybridized carbons (Fsp3) is 0.357. The van der Waals surface area contributed by atoms with Crippen molar-refractivity contribution < 1.29 is 9.59 Å². The smallest absolute Gasteiger partial charge is 0.238 e. The maximum absolute atomic E-state index is 12.2. The van der Waals surface area contributed by atoms with Crippen LogP contribution in [-0.2, 0) is 16.6 Å². The summed E-state index contributed by atoms with van der Waals surface area (Å²) in [6, 6.07) is 7.84. The van der Waals surface area contributed by atoms with Crippen LogP contribution in [0.15, 0.2) is 24.3 Å². The summed E-state index contributed by atoms with van der Waals surface area (Å²) in [6.07, 6.45) is 0.945. The minimum absolute atomic E-state index is 0.110. The van der Waals surface area contributed by atoms with Gasteiger partial charge < -0.3 is 0 Å². The van der Waals surface area contributed by atoms with Gasteiger partial charge in [-0.2, -0.15) is 5.10 Å². The maximum atomic E-state index is 12.2. The second-order valence-electron chi connectivity index (χ2n) is 4.91. The fourth-order valence-corrected chi connectivity index (χ4v) is 2.67. The number of likely N-dealkylation sites (tertiary alicyclic amines) is 1. The largest absolute Gasteiger partial charge is 0.285 e. The second kappa shape index (κ2) is 4.19. The molecule has 0 radical (unpaired) electrons. The first kappa shape index (κ1) is 11.9. The molecule has 1 aliphatic rings. The van der Waals surface area contributed by atoms with Crippen molar-refractivity contribution in [2.24, 2.45) is 7.05 Å². The van der Waals surface area contributed by atoms with Crippen molar-refractivity contribution in [1.82, 2.24) is 14.7 Å². The summed E-state index contributed by atoms with van der Waals surface area (Å²) in [6.45, 7) is 0. The third-order valence-electron chi connectivity index (χ3n) is 3.77. The number of amides is 2. The molecule has 98 valence electrons. The molecule has 0 N–H and O–H groups in total. The third kappa shape index (κ3) is 1.73. The highest BCUT2D eigenvalue weighted by molar-refractivity contribution is 6.02. The Morgan fingerprint density at radius 3 is 2.74 bits per heavy atom. The van der Waals surface area contributed by atoms with E-state index in [4.69, 9.17) is 0 Å². The number of carbonyl (C=O) groups is 2. The summed E-state index contributed by atoms with van der Waals surface area (Å²) >= 11 is 0. The van der Waals surface area contributed by atoms with E-state index in [9.17, 15) is 9.59 Å². The summed E-state index contributed by atoms with van der Waals surface area (Å²) in [5, 5.41) is 5.47. The van der Waals surface area contributed by atoms with Crippen molar-refractivity contribution in [3.05, 3.63) is 30.0 Å². The number of para-hydroxylation sites is 1. The molecule has 1 aromatic heterocycles. The van der Waals surface area contributed by atoms with E-state index in [0.717, 1.165) is 16.6 Å². The molecule has 19 heavy (non-hydrogen) atoms. The van der Waals surface area contributed by atoms with E-state index in [1.807, 2.05) is 31.3 Å². The van der Waals surface area contributed by atoms with Crippen LogP contribution < -0.4 is 0 Å². The predicted molar refractivity (Wildman–Crippen MR) is 70.5 cm³/mol. The molecule has 1 aliphatic heterocycles. The van der Waals surface area contributed by atoms with E-state index in [1.165, 1.54) is 4.90 Å². The van der Waals surface area contributed by atoms with E-state index in [2.05, 4.69) is 5.10 Å². The van der Waals surface area contributed by atoms with Crippen molar-refractivity contribution in [2.75, 3.05) is 7.05 Å². The number of aromatic nitrogens is 2. The Bertz CT molecular complexity index is 674. The summed E-state index contributed by atoms with van der Waals surface area (Å²) in [4.78, 5) is 25.0. The number of hydrogen-bond donors (Lipinski definition) is 0. The summed E-state index contributed by atoms with van der Waals surface area (Å²) in [5.41, 5.74) is 1.78. The average Bonchev–Trinajstić information content (AvgIpc) is 2.74. The van der Waals surface area contributed by atoms with Crippen molar-refractivity contribution in [2.45, 2.75) is 18.8 Å². The number of fused-ring (bicyclic) bond motifs is 1. The molecule has 5 heteroatoms. The Kier molecular flexibility index (Phi) is 2.62. The number of nitrogens with zero attached hydrogens (tertiary/aromatic N) is 3. The zero-order valence-corrected chi connectivity index (χ0v) is 11.0. The highest BCUT2D eigenvalue weighted by Gasteiger charge is 2.35. The maximum Gasteiger partial charge on any atom is 0.238 e. The lowest BCUT2D eigenvalue weighted by Crippen LogP contribution is -2.41.